The van der Waals surface area contributed by atoms with Gasteiger partial charge >= 0.3 is 11.9 Å². The van der Waals surface area contributed by atoms with Crippen molar-refractivity contribution >= 4 is 11.9 Å². The van der Waals surface area contributed by atoms with Crippen LogP contribution in [0.5, 0.6) is 0 Å². The Kier molecular flexibility index (Phi) is 39.1. The first kappa shape index (κ1) is 56.9. The van der Waals surface area contributed by atoms with Crippen LogP contribution in [-0.2, 0) is 28.5 Å². The lowest BCUT2D eigenvalue weighted by atomic mass is 9.99. The van der Waals surface area contributed by atoms with Gasteiger partial charge in [-0.05, 0) is 70.6 Å². The van der Waals surface area contributed by atoms with Crippen molar-refractivity contribution in [3.05, 3.63) is 36.5 Å². The maximum Gasteiger partial charge on any atom is 0.306 e. The summed E-state index contributed by atoms with van der Waals surface area (Å²) in [6.45, 7) is 3.41. The Morgan fingerprint density at radius 3 is 1.41 bits per heavy atom. The summed E-state index contributed by atoms with van der Waals surface area (Å²) in [6.07, 6.45) is 41.4. The van der Waals surface area contributed by atoms with E-state index in [1.807, 2.05) is 0 Å². The zero-order valence-electron chi connectivity index (χ0n) is 38.9. The molecule has 4 N–H and O–H groups in total. The Morgan fingerprint density at radius 1 is 0.508 bits per heavy atom. The van der Waals surface area contributed by atoms with Crippen LogP contribution in [0.1, 0.15) is 219 Å². The summed E-state index contributed by atoms with van der Waals surface area (Å²) in [6, 6.07) is 0. The van der Waals surface area contributed by atoms with Gasteiger partial charge in [-0.1, -0.05) is 172 Å². The summed E-state index contributed by atoms with van der Waals surface area (Å²) in [5.74, 6) is -0.811. The van der Waals surface area contributed by atoms with Gasteiger partial charge in [0.2, 0.25) is 0 Å². The largest absolute Gasteiger partial charge is 0.462 e. The van der Waals surface area contributed by atoms with Crippen LogP contribution in [0.3, 0.4) is 0 Å². The Morgan fingerprint density at radius 2 is 0.918 bits per heavy atom. The zero-order chi connectivity index (χ0) is 44.4. The number of aliphatic hydroxyl groups is 4. The molecule has 0 aliphatic carbocycles. The van der Waals surface area contributed by atoms with Crippen molar-refractivity contribution in [1.82, 2.24) is 0 Å². The average Bonchev–Trinajstić information content (AvgIpc) is 3.26. The van der Waals surface area contributed by atoms with E-state index in [-0.39, 0.29) is 32.0 Å². The third kappa shape index (κ3) is 33.1. The third-order valence-electron chi connectivity index (χ3n) is 11.5. The number of ether oxygens (including phenoxy) is 4. The van der Waals surface area contributed by atoms with E-state index in [1.165, 1.54) is 122 Å². The molecule has 1 aliphatic rings. The van der Waals surface area contributed by atoms with Crippen LogP contribution in [0.25, 0.3) is 0 Å². The minimum Gasteiger partial charge on any atom is -0.462 e. The van der Waals surface area contributed by atoms with Crippen molar-refractivity contribution < 1.29 is 49.0 Å². The topological polar surface area (TPSA) is 152 Å². The first-order chi connectivity index (χ1) is 29.8. The SMILES string of the molecule is CCCCC/C=C/C/C=C/CCCCCCCCCCCC(=O)O[C@H](COC(=O)CCCCCCCCC/C=C/CCCCCCCC)CO[C@@H]1O[C@H](CO)[C@H](O)C(O)C1O. The highest BCUT2D eigenvalue weighted by Gasteiger charge is 2.44. The standard InChI is InChI=1S/C51H92O10/c1-3-5-7-9-11-13-15-17-19-21-22-24-26-28-30-32-34-36-38-40-47(54)60-44(43-59-51-50(57)49(56)48(55)45(41-52)61-51)42-58-46(53)39-37-35-33-31-29-27-25-23-20-18-16-14-12-10-8-6-4-2/h11,13,17-20,44-45,48-52,55-57H,3-10,12,14-16,21-43H2,1-2H3/b13-11+,19-17+,20-18+/t44-,45-,48+,49?,50?,51-/m1/s1. The molecular formula is C51H92O10. The minimum absolute atomic E-state index is 0.220. The lowest BCUT2D eigenvalue weighted by Gasteiger charge is -2.39. The summed E-state index contributed by atoms with van der Waals surface area (Å²) in [4.78, 5) is 25.4. The van der Waals surface area contributed by atoms with E-state index in [1.54, 1.807) is 0 Å². The number of unbranched alkanes of at least 4 members (excludes halogenated alkanes) is 25. The van der Waals surface area contributed by atoms with Gasteiger partial charge in [0.1, 0.15) is 31.0 Å². The summed E-state index contributed by atoms with van der Waals surface area (Å²) < 4.78 is 22.2. The molecule has 1 aliphatic heterocycles. The van der Waals surface area contributed by atoms with E-state index < -0.39 is 49.4 Å². The number of esters is 2. The van der Waals surface area contributed by atoms with Crippen molar-refractivity contribution in [2.45, 2.75) is 256 Å². The molecule has 0 aromatic carbocycles. The van der Waals surface area contributed by atoms with E-state index >= 15 is 0 Å². The first-order valence-electron chi connectivity index (χ1n) is 25.1. The molecule has 61 heavy (non-hydrogen) atoms. The fourth-order valence-corrected chi connectivity index (χ4v) is 7.51. The number of rotatable bonds is 42. The molecule has 1 heterocycles. The Hall–Kier alpha value is -2.08. The van der Waals surface area contributed by atoms with E-state index in [0.29, 0.717) is 6.42 Å². The van der Waals surface area contributed by atoms with E-state index in [2.05, 4.69) is 50.3 Å². The van der Waals surface area contributed by atoms with Crippen molar-refractivity contribution in [1.29, 1.82) is 0 Å². The van der Waals surface area contributed by atoms with Gasteiger partial charge in [0, 0.05) is 12.8 Å². The number of hydrogen-bond donors (Lipinski definition) is 4. The second kappa shape index (κ2) is 41.9. The van der Waals surface area contributed by atoms with Gasteiger partial charge in [-0.15, -0.1) is 0 Å². The molecule has 0 spiro atoms. The summed E-state index contributed by atoms with van der Waals surface area (Å²) >= 11 is 0. The molecule has 10 heteroatoms. The number of carbonyl (C=O) groups is 2. The molecule has 0 bridgehead atoms. The number of hydrogen-bond acceptors (Lipinski definition) is 10. The quantitative estimate of drug-likeness (QED) is 0.0265. The molecule has 0 saturated carbocycles. The van der Waals surface area contributed by atoms with Crippen molar-refractivity contribution in [2.75, 3.05) is 19.8 Å². The lowest BCUT2D eigenvalue weighted by molar-refractivity contribution is -0.305. The second-order valence-corrected chi connectivity index (χ2v) is 17.3. The predicted octanol–water partition coefficient (Wildman–Crippen LogP) is 11.4. The molecule has 6 atom stereocenters. The van der Waals surface area contributed by atoms with Crippen LogP contribution in [0.15, 0.2) is 36.5 Å². The van der Waals surface area contributed by atoms with Crippen molar-refractivity contribution in [3.63, 3.8) is 0 Å². The predicted molar refractivity (Wildman–Crippen MR) is 247 cm³/mol. The van der Waals surface area contributed by atoms with E-state index in [0.717, 1.165) is 64.2 Å². The van der Waals surface area contributed by atoms with Gasteiger partial charge < -0.3 is 39.4 Å². The van der Waals surface area contributed by atoms with Crippen LogP contribution in [-0.4, -0.2) is 89.0 Å². The maximum absolute atomic E-state index is 12.8. The Labute approximate surface area is 372 Å². The Bertz CT molecular complexity index is 1090. The Balaban J connectivity index is 2.28. The van der Waals surface area contributed by atoms with Crippen LogP contribution >= 0.6 is 0 Å². The average molecular weight is 865 g/mol. The molecule has 1 fully saturated rings. The third-order valence-corrected chi connectivity index (χ3v) is 11.5. The molecule has 356 valence electrons. The lowest BCUT2D eigenvalue weighted by Crippen LogP contribution is -2.59. The smallest absolute Gasteiger partial charge is 0.306 e. The molecule has 2 unspecified atom stereocenters. The molecule has 0 amide bonds. The molecule has 0 aromatic rings. The van der Waals surface area contributed by atoms with Crippen LogP contribution in [0, 0.1) is 0 Å². The number of carbonyl (C=O) groups excluding carboxylic acids is 2. The van der Waals surface area contributed by atoms with Crippen molar-refractivity contribution in [3.8, 4) is 0 Å². The number of allylic oxidation sites excluding steroid dienone is 6. The fraction of sp³-hybridized carbons (Fsp3) is 0.843. The van der Waals surface area contributed by atoms with Gasteiger partial charge in [-0.3, -0.25) is 9.59 Å². The van der Waals surface area contributed by atoms with Gasteiger partial charge in [0.15, 0.2) is 12.4 Å². The van der Waals surface area contributed by atoms with E-state index in [4.69, 9.17) is 18.9 Å². The molecular weight excluding hydrogens is 773 g/mol. The van der Waals surface area contributed by atoms with E-state index in [9.17, 15) is 30.0 Å². The highest BCUT2D eigenvalue weighted by atomic mass is 16.7. The molecule has 1 rings (SSSR count). The van der Waals surface area contributed by atoms with Gasteiger partial charge in [0.05, 0.1) is 13.2 Å². The number of aliphatic hydroxyl groups excluding tert-OH is 4. The van der Waals surface area contributed by atoms with Gasteiger partial charge in [-0.25, -0.2) is 0 Å². The summed E-state index contributed by atoms with van der Waals surface area (Å²) in [5, 5.41) is 40.2. The van der Waals surface area contributed by atoms with Crippen LogP contribution in [0.2, 0.25) is 0 Å². The molecule has 10 nitrogen and oxygen atoms in total. The van der Waals surface area contributed by atoms with Gasteiger partial charge in [0.25, 0.3) is 0 Å². The highest BCUT2D eigenvalue weighted by Crippen LogP contribution is 2.23. The fourth-order valence-electron chi connectivity index (χ4n) is 7.51. The maximum atomic E-state index is 12.8. The van der Waals surface area contributed by atoms with Crippen LogP contribution < -0.4 is 0 Å². The minimum atomic E-state index is -1.60. The summed E-state index contributed by atoms with van der Waals surface area (Å²) in [7, 11) is 0. The second-order valence-electron chi connectivity index (χ2n) is 17.3. The summed E-state index contributed by atoms with van der Waals surface area (Å²) in [5.41, 5.74) is 0. The monoisotopic (exact) mass is 865 g/mol. The highest BCUT2D eigenvalue weighted by molar-refractivity contribution is 5.70. The zero-order valence-corrected chi connectivity index (χ0v) is 38.9. The molecule has 0 radical (unpaired) electrons. The molecule has 1 saturated heterocycles. The first-order valence-corrected chi connectivity index (χ1v) is 25.1. The van der Waals surface area contributed by atoms with Crippen molar-refractivity contribution in [2.24, 2.45) is 0 Å². The molecule has 0 aromatic heterocycles. The normalized spacial score (nSPS) is 20.0. The van der Waals surface area contributed by atoms with Crippen LogP contribution in [0.4, 0.5) is 0 Å². The van der Waals surface area contributed by atoms with Gasteiger partial charge in [-0.2, -0.15) is 0 Å².